The number of ether oxygens (including phenoxy) is 1. The zero-order chi connectivity index (χ0) is 19.5. The average molecular weight is 362 g/mol. The van der Waals surface area contributed by atoms with Crippen LogP contribution >= 0.6 is 0 Å². The van der Waals surface area contributed by atoms with Crippen molar-refractivity contribution >= 4 is 12.0 Å². The number of anilines is 1. The van der Waals surface area contributed by atoms with Crippen molar-refractivity contribution in [3.63, 3.8) is 0 Å². The van der Waals surface area contributed by atoms with Gasteiger partial charge in [-0.2, -0.15) is 5.26 Å². The predicted molar refractivity (Wildman–Crippen MR) is 109 cm³/mol. The van der Waals surface area contributed by atoms with Crippen molar-refractivity contribution in [3.05, 3.63) is 77.4 Å². The normalized spacial score (nSPS) is 11.8. The number of aldehydes is 1. The van der Waals surface area contributed by atoms with Crippen LogP contribution in [0.1, 0.15) is 40.4 Å². The maximum Gasteiger partial charge on any atom is 0.150 e. The number of rotatable bonds is 7. The van der Waals surface area contributed by atoms with Crippen molar-refractivity contribution in [1.29, 1.82) is 5.26 Å². The molecular weight excluding hydrogens is 336 g/mol. The Hall–Kier alpha value is -2.90. The van der Waals surface area contributed by atoms with Gasteiger partial charge in [-0.15, -0.1) is 6.58 Å². The first-order valence-corrected chi connectivity index (χ1v) is 9.19. The maximum absolute atomic E-state index is 11.0. The highest BCUT2D eigenvalue weighted by molar-refractivity contribution is 5.80. The Morgan fingerprint density at radius 2 is 2.04 bits per heavy atom. The van der Waals surface area contributed by atoms with Crippen LogP contribution in [0, 0.1) is 11.3 Å². The number of hydrogen-bond acceptors (Lipinski definition) is 4. The average Bonchev–Trinajstić information content (AvgIpc) is 3.11. The summed E-state index contributed by atoms with van der Waals surface area (Å²) in [5.41, 5.74) is 4.44. The van der Waals surface area contributed by atoms with Gasteiger partial charge in [0.1, 0.15) is 12.4 Å². The highest BCUT2D eigenvalue weighted by atomic mass is 16.5. The topological polar surface area (TPSA) is 53.3 Å². The molecule has 0 radical (unpaired) electrons. The van der Waals surface area contributed by atoms with Gasteiger partial charge in [-0.25, -0.2) is 0 Å². The summed E-state index contributed by atoms with van der Waals surface area (Å²) in [6.07, 6.45) is 4.35. The Labute approximate surface area is 161 Å². The second-order valence-corrected chi connectivity index (χ2v) is 6.34. The predicted octanol–water partition coefficient (Wildman–Crippen LogP) is 4.53. The summed E-state index contributed by atoms with van der Waals surface area (Å²) in [6.45, 7) is 8.32. The van der Waals surface area contributed by atoms with Gasteiger partial charge in [0.2, 0.25) is 0 Å². The molecule has 0 fully saturated rings. The van der Waals surface area contributed by atoms with Crippen LogP contribution in [0.15, 0.2) is 55.1 Å². The molecule has 27 heavy (non-hydrogen) atoms. The number of nitrogens with zero attached hydrogens (tertiary/aromatic N) is 2. The lowest BCUT2D eigenvalue weighted by Gasteiger charge is -2.20. The second-order valence-electron chi connectivity index (χ2n) is 6.34. The van der Waals surface area contributed by atoms with Crippen molar-refractivity contribution in [3.8, 4) is 6.07 Å². The third-order valence-electron chi connectivity index (χ3n) is 4.26. The Morgan fingerprint density at radius 3 is 2.70 bits per heavy atom. The SMILES string of the molecule is C=CC.N#Cc1cc(C=O)cc2c1N(CCCOCc1ccccc1)CC2. The third-order valence-corrected chi connectivity index (χ3v) is 4.26. The lowest BCUT2D eigenvalue weighted by Crippen LogP contribution is -2.23. The summed E-state index contributed by atoms with van der Waals surface area (Å²) in [6, 6.07) is 15.9. The summed E-state index contributed by atoms with van der Waals surface area (Å²) in [5, 5.41) is 9.36. The van der Waals surface area contributed by atoms with Crippen LogP contribution in [0.4, 0.5) is 5.69 Å². The zero-order valence-electron chi connectivity index (χ0n) is 15.9. The molecule has 0 saturated carbocycles. The first-order valence-electron chi connectivity index (χ1n) is 9.19. The first-order chi connectivity index (χ1) is 13.2. The Bertz CT molecular complexity index is 794. The van der Waals surface area contributed by atoms with Gasteiger partial charge < -0.3 is 9.64 Å². The molecule has 0 amide bonds. The molecule has 4 heteroatoms. The summed E-state index contributed by atoms with van der Waals surface area (Å²) < 4.78 is 5.72. The number of nitriles is 1. The molecule has 0 spiro atoms. The number of hydrogen-bond donors (Lipinski definition) is 0. The minimum Gasteiger partial charge on any atom is -0.377 e. The lowest BCUT2D eigenvalue weighted by atomic mass is 10.0. The van der Waals surface area contributed by atoms with E-state index < -0.39 is 0 Å². The second kappa shape index (κ2) is 10.9. The molecule has 2 aromatic carbocycles. The van der Waals surface area contributed by atoms with Crippen molar-refractivity contribution < 1.29 is 9.53 Å². The lowest BCUT2D eigenvalue weighted by molar-refractivity contribution is 0.112. The largest absolute Gasteiger partial charge is 0.377 e. The summed E-state index contributed by atoms with van der Waals surface area (Å²) in [7, 11) is 0. The molecule has 4 nitrogen and oxygen atoms in total. The van der Waals surface area contributed by atoms with E-state index in [4.69, 9.17) is 4.74 Å². The molecule has 0 aromatic heterocycles. The van der Waals surface area contributed by atoms with Crippen LogP contribution in [-0.2, 0) is 17.8 Å². The molecule has 1 aliphatic rings. The van der Waals surface area contributed by atoms with Gasteiger partial charge in [-0.3, -0.25) is 4.79 Å². The highest BCUT2D eigenvalue weighted by Crippen LogP contribution is 2.32. The molecule has 0 atom stereocenters. The number of carbonyl (C=O) groups excluding carboxylic acids is 1. The fourth-order valence-electron chi connectivity index (χ4n) is 3.15. The molecule has 0 aliphatic carbocycles. The van der Waals surface area contributed by atoms with Crippen LogP contribution in [0.2, 0.25) is 0 Å². The van der Waals surface area contributed by atoms with Crippen LogP contribution in [0.5, 0.6) is 0 Å². The summed E-state index contributed by atoms with van der Waals surface area (Å²) in [4.78, 5) is 13.2. The van der Waals surface area contributed by atoms with E-state index in [-0.39, 0.29) is 0 Å². The van der Waals surface area contributed by atoms with E-state index in [9.17, 15) is 10.1 Å². The van der Waals surface area contributed by atoms with Gasteiger partial charge in [-0.1, -0.05) is 36.4 Å². The van der Waals surface area contributed by atoms with Crippen LogP contribution in [0.25, 0.3) is 0 Å². The molecule has 0 unspecified atom stereocenters. The van der Waals surface area contributed by atoms with Gasteiger partial charge in [-0.05, 0) is 43.0 Å². The fourth-order valence-corrected chi connectivity index (χ4v) is 3.15. The van der Waals surface area contributed by atoms with E-state index in [1.807, 2.05) is 31.2 Å². The minimum absolute atomic E-state index is 0.582. The van der Waals surface area contributed by atoms with Gasteiger partial charge in [0.25, 0.3) is 0 Å². The Balaban J connectivity index is 0.000000817. The molecule has 1 aliphatic heterocycles. The third kappa shape index (κ3) is 5.80. The van der Waals surface area contributed by atoms with E-state index >= 15 is 0 Å². The minimum atomic E-state index is 0.582. The van der Waals surface area contributed by atoms with E-state index in [1.54, 1.807) is 12.1 Å². The summed E-state index contributed by atoms with van der Waals surface area (Å²) >= 11 is 0. The van der Waals surface area contributed by atoms with Gasteiger partial charge in [0, 0.05) is 25.3 Å². The number of allylic oxidation sites excluding steroid dienone is 1. The van der Waals surface area contributed by atoms with Gasteiger partial charge in [0.15, 0.2) is 0 Å². The molecule has 1 heterocycles. The first kappa shape index (κ1) is 20.4. The van der Waals surface area contributed by atoms with E-state index in [2.05, 4.69) is 29.7 Å². The highest BCUT2D eigenvalue weighted by Gasteiger charge is 2.23. The van der Waals surface area contributed by atoms with E-state index in [0.29, 0.717) is 24.3 Å². The fraction of sp³-hybridized carbons (Fsp3) is 0.304. The zero-order valence-corrected chi connectivity index (χ0v) is 15.9. The number of benzene rings is 2. The molecular formula is C23H26N2O2. The molecule has 0 N–H and O–H groups in total. The quantitative estimate of drug-likeness (QED) is 0.412. The molecule has 0 bridgehead atoms. The van der Waals surface area contributed by atoms with E-state index in [0.717, 1.165) is 43.5 Å². The smallest absolute Gasteiger partial charge is 0.150 e. The maximum atomic E-state index is 11.0. The molecule has 0 saturated heterocycles. The molecule has 140 valence electrons. The van der Waals surface area contributed by atoms with Crippen molar-refractivity contribution in [2.75, 3.05) is 24.6 Å². The van der Waals surface area contributed by atoms with Crippen LogP contribution in [-0.4, -0.2) is 26.0 Å². The standard InChI is InChI=1S/C20H20N2O2.C3H6/c21-13-19-12-17(14-23)11-18-7-9-22(20(18)19)8-4-10-24-15-16-5-2-1-3-6-16;1-3-2/h1-3,5-6,11-12,14H,4,7-10,15H2;3H,1H2,2H3. The molecule has 2 aromatic rings. The van der Waals surface area contributed by atoms with Crippen LogP contribution in [0.3, 0.4) is 0 Å². The Kier molecular flexibility index (Phi) is 8.28. The summed E-state index contributed by atoms with van der Waals surface area (Å²) in [5.74, 6) is 0. The number of carbonyl (C=O) groups is 1. The van der Waals surface area contributed by atoms with Crippen molar-refractivity contribution in [2.24, 2.45) is 0 Å². The monoisotopic (exact) mass is 362 g/mol. The van der Waals surface area contributed by atoms with Crippen molar-refractivity contribution in [1.82, 2.24) is 0 Å². The van der Waals surface area contributed by atoms with Gasteiger partial charge in [0.05, 0.1) is 17.9 Å². The molecule has 3 rings (SSSR count). The van der Waals surface area contributed by atoms with Gasteiger partial charge >= 0.3 is 0 Å². The van der Waals surface area contributed by atoms with E-state index in [1.165, 1.54) is 5.56 Å². The number of fused-ring (bicyclic) bond motifs is 1. The van der Waals surface area contributed by atoms with Crippen LogP contribution < -0.4 is 4.90 Å². The van der Waals surface area contributed by atoms with Crippen molar-refractivity contribution in [2.45, 2.75) is 26.4 Å². The Morgan fingerprint density at radius 1 is 1.30 bits per heavy atom.